The standard InChI is InChI=1S/C25H33N5O2S2.C25H32N4O2S2.C24H32N6O2S2.C23H29N5O2S2/c1-16-14-22(26)28-25(27-16)34-18(3)23-17(2)33-24(29-23)19-8-9-20(31-4)21(15-19)32-13-12-30-10-6-5-7-11-30;1-15-13-22(26)28-25(27-15)33-17(3)23-16(2)32-24(29-23)19-9-10-20(30-4)21(14-19)31-12-11-18-7-5-6-8-18;1-15-22(16(2)34-24-27-20(25)14-21(26)28-24)29-23(33-15)17-7-8-18(31-3)19(13-17)32-12-11-30-9-5-4-6-10-30;1-14-12-20(24)26-23(25-14)32-16(3)21-15(2)31-22(27-21)17-6-7-18(29-4)19(13-17)30-11-10-28-8-5-9-28/h8-9,14-15,18H,5-7,10-13H2,1-4H3,(H2,26,27,28);9-10,13-14,17-18H,5-8,11-12H2,1-4H3,(H2,26,27,28);7-8,13-14,16H,4-6,9-12H2,1-3H3,(H4,25,26,27,28);6-7,12-13,16H,5,8-11H2,1-4H3,(H2,24,25,26). The lowest BCUT2D eigenvalue weighted by Crippen LogP contribution is -2.39. The Labute approximate surface area is 815 Å². The summed E-state index contributed by atoms with van der Waals surface area (Å²) in [6.07, 6.45) is 15.6. The monoisotopic (exact) mass is 1950 g/mol. The van der Waals surface area contributed by atoms with Crippen LogP contribution in [-0.2, 0) is 0 Å². The first kappa shape index (κ1) is 101. The summed E-state index contributed by atoms with van der Waals surface area (Å²) in [6, 6.07) is 31.0. The van der Waals surface area contributed by atoms with Gasteiger partial charge in [0.1, 0.15) is 68.9 Å². The predicted octanol–water partition coefficient (Wildman–Crippen LogP) is 21.7. The second-order valence-corrected chi connectivity index (χ2v) is 43.4. The van der Waals surface area contributed by atoms with Crippen LogP contribution in [0.2, 0.25) is 0 Å². The van der Waals surface area contributed by atoms with Crippen LogP contribution >= 0.6 is 92.4 Å². The first-order valence-corrected chi connectivity index (χ1v) is 52.2. The molecular weight excluding hydrogens is 1830 g/mol. The fraction of sp³-hybridized carbons (Fsp3) is 0.464. The summed E-state index contributed by atoms with van der Waals surface area (Å²) in [6.45, 7) is 35.1. The smallest absolute Gasteiger partial charge is 0.192 e. The van der Waals surface area contributed by atoms with Crippen LogP contribution in [0.15, 0.2) is 118 Å². The van der Waals surface area contributed by atoms with Gasteiger partial charge in [0.05, 0.1) is 78.8 Å². The molecule has 0 spiro atoms. The third-order valence-corrected chi connectivity index (χ3v) is 31.1. The van der Waals surface area contributed by atoms with E-state index >= 15 is 0 Å². The second-order valence-electron chi connectivity index (χ2n) is 33.3. The van der Waals surface area contributed by atoms with Crippen LogP contribution in [0.1, 0.15) is 185 Å². The van der Waals surface area contributed by atoms with E-state index < -0.39 is 0 Å². The summed E-state index contributed by atoms with van der Waals surface area (Å²) in [5, 5.41) is 6.78. The molecule has 28 nitrogen and oxygen atoms in total. The van der Waals surface area contributed by atoms with E-state index in [1.165, 1.54) is 97.0 Å². The van der Waals surface area contributed by atoms with Crippen molar-refractivity contribution in [2.24, 2.45) is 5.92 Å². The third-order valence-electron chi connectivity index (χ3n) is 23.0. The van der Waals surface area contributed by atoms with Gasteiger partial charge in [-0.05, 0) is 233 Å². The van der Waals surface area contributed by atoms with Gasteiger partial charge >= 0.3 is 0 Å². The summed E-state index contributed by atoms with van der Waals surface area (Å²) in [5.41, 5.74) is 40.1. The number of methoxy groups -OCH3 is 4. The highest BCUT2D eigenvalue weighted by atomic mass is 32.2. The fourth-order valence-electron chi connectivity index (χ4n) is 16.0. The van der Waals surface area contributed by atoms with Crippen LogP contribution in [-0.4, -0.2) is 188 Å². The van der Waals surface area contributed by atoms with Gasteiger partial charge in [-0.25, -0.2) is 59.8 Å². The van der Waals surface area contributed by atoms with Gasteiger partial charge in [-0.2, -0.15) is 0 Å². The van der Waals surface area contributed by atoms with Gasteiger partial charge in [0.15, 0.2) is 66.6 Å². The van der Waals surface area contributed by atoms with Crippen molar-refractivity contribution < 1.29 is 37.9 Å². The number of benzene rings is 4. The molecule has 4 aromatic carbocycles. The molecule has 4 fully saturated rings. The Hall–Kier alpha value is -9.60. The molecule has 133 heavy (non-hydrogen) atoms. The predicted molar refractivity (Wildman–Crippen MR) is 547 cm³/mol. The van der Waals surface area contributed by atoms with E-state index in [1.807, 2.05) is 87.5 Å². The zero-order chi connectivity index (χ0) is 94.2. The Morgan fingerprint density at radius 2 is 0.564 bits per heavy atom. The van der Waals surface area contributed by atoms with Crippen molar-refractivity contribution >= 4 is 121 Å². The lowest BCUT2D eigenvalue weighted by molar-refractivity contribution is 0.145. The zero-order valence-electron chi connectivity index (χ0n) is 78.9. The summed E-state index contributed by atoms with van der Waals surface area (Å²) in [7, 11) is 6.70. The summed E-state index contributed by atoms with van der Waals surface area (Å²) in [4.78, 5) is 67.0. The van der Waals surface area contributed by atoms with Gasteiger partial charge in [-0.3, -0.25) is 14.7 Å². The minimum atomic E-state index is 0.0460. The molecule has 16 rings (SSSR count). The number of thioether (sulfide) groups is 4. The average Bonchev–Trinajstić information content (AvgIpc) is 1.69. The largest absolute Gasteiger partial charge is 0.493 e. The van der Waals surface area contributed by atoms with Gasteiger partial charge in [0, 0.05) is 103 Å². The number of aryl methyl sites for hydroxylation is 7. The molecule has 3 aliphatic heterocycles. The Morgan fingerprint density at radius 3 is 0.820 bits per heavy atom. The highest BCUT2D eigenvalue weighted by Gasteiger charge is 2.27. The molecule has 4 atom stereocenters. The number of aromatic nitrogens is 12. The molecule has 1 aliphatic carbocycles. The number of rotatable bonds is 36. The van der Waals surface area contributed by atoms with Crippen molar-refractivity contribution in [1.29, 1.82) is 0 Å². The Kier molecular flexibility index (Phi) is 37.3. The number of anilines is 5. The van der Waals surface area contributed by atoms with Gasteiger partial charge in [0.25, 0.3) is 0 Å². The van der Waals surface area contributed by atoms with Gasteiger partial charge in [-0.15, -0.1) is 45.3 Å². The van der Waals surface area contributed by atoms with E-state index in [4.69, 9.17) is 86.5 Å². The van der Waals surface area contributed by atoms with Crippen LogP contribution in [0.4, 0.5) is 29.1 Å². The van der Waals surface area contributed by atoms with Gasteiger partial charge in [-0.1, -0.05) is 85.6 Å². The first-order chi connectivity index (χ1) is 64.2. The number of ether oxygens (including phenoxy) is 8. The van der Waals surface area contributed by atoms with Gasteiger partial charge < -0.3 is 66.6 Å². The molecule has 0 radical (unpaired) electrons. The van der Waals surface area contributed by atoms with Crippen molar-refractivity contribution in [2.45, 2.75) is 195 Å². The molecule has 1 saturated carbocycles. The number of likely N-dealkylation sites (tertiary alicyclic amines) is 3. The lowest BCUT2D eigenvalue weighted by Gasteiger charge is -2.30. The minimum Gasteiger partial charge on any atom is -0.493 e. The van der Waals surface area contributed by atoms with Crippen LogP contribution in [0.25, 0.3) is 42.3 Å². The Bertz CT molecular complexity index is 5550. The highest BCUT2D eigenvalue weighted by molar-refractivity contribution is 8.00. The highest BCUT2D eigenvalue weighted by Crippen LogP contribution is 2.47. The summed E-state index contributed by atoms with van der Waals surface area (Å²) < 4.78 is 46.7. The van der Waals surface area contributed by atoms with Crippen molar-refractivity contribution in [1.82, 2.24) is 74.5 Å². The van der Waals surface area contributed by atoms with E-state index in [9.17, 15) is 0 Å². The molecule has 36 heteroatoms. The Morgan fingerprint density at radius 1 is 0.308 bits per heavy atom. The molecule has 0 amide bonds. The van der Waals surface area contributed by atoms with E-state index in [-0.39, 0.29) is 21.0 Å². The zero-order valence-corrected chi connectivity index (χ0v) is 85.5. The molecule has 4 unspecified atom stereocenters. The van der Waals surface area contributed by atoms with Crippen molar-refractivity contribution in [3.8, 4) is 88.3 Å². The average molecular weight is 1960 g/mol. The van der Waals surface area contributed by atoms with Crippen molar-refractivity contribution in [2.75, 3.05) is 142 Å². The molecule has 12 aromatic rings. The lowest BCUT2D eigenvalue weighted by atomic mass is 10.1. The maximum absolute atomic E-state index is 6.16. The molecule has 4 aliphatic rings. The number of thiazole rings is 4. The van der Waals surface area contributed by atoms with E-state index in [0.717, 1.165) is 211 Å². The molecular formula is C97H126N20O8S8. The van der Waals surface area contributed by atoms with Crippen LogP contribution in [0, 0.1) is 54.4 Å². The SMILES string of the molecule is COc1ccc(-c2nc(C(C)Sc3nc(C)cc(N)n3)c(C)s2)cc1OCCC1CCCC1.COc1ccc(-c2nc(C(C)Sc3nc(C)cc(N)n3)c(C)s2)cc1OCCN1CCC1.COc1ccc(-c2nc(C(C)Sc3nc(C)cc(N)n3)c(C)s2)cc1OCCN1CCCCC1.COc1ccc(-c2nc(C(C)Sc3nc(N)cc(N)n3)c(C)s2)cc1OCCN1CCCCC1. The topological polar surface area (TPSA) is 368 Å². The Balaban J connectivity index is 0.000000151. The molecule has 3 saturated heterocycles. The number of piperidine rings is 2. The number of hydrogen-bond acceptors (Lipinski definition) is 36. The van der Waals surface area contributed by atoms with Crippen LogP contribution < -0.4 is 66.6 Å². The first-order valence-electron chi connectivity index (χ1n) is 45.4. The second kappa shape index (κ2) is 49.2. The summed E-state index contributed by atoms with van der Waals surface area (Å²) >= 11 is 12.9. The maximum Gasteiger partial charge on any atom is 0.192 e. The normalized spacial score (nSPS) is 15.1. The minimum absolute atomic E-state index is 0.0460. The number of hydrogen-bond donors (Lipinski definition) is 5. The van der Waals surface area contributed by atoms with Crippen molar-refractivity contribution in [3.05, 3.63) is 156 Å². The molecule has 710 valence electrons. The van der Waals surface area contributed by atoms with E-state index in [2.05, 4.69) is 116 Å². The van der Waals surface area contributed by atoms with Crippen LogP contribution in [0.3, 0.4) is 0 Å². The number of nitrogen functional groups attached to an aromatic ring is 5. The quantitative estimate of drug-likeness (QED) is 0.0180. The van der Waals surface area contributed by atoms with E-state index in [0.29, 0.717) is 69.5 Å². The fourth-order valence-corrected chi connectivity index (χ4v) is 24.3. The summed E-state index contributed by atoms with van der Waals surface area (Å²) in [5.74, 6) is 9.03. The van der Waals surface area contributed by atoms with Crippen molar-refractivity contribution in [3.63, 3.8) is 0 Å². The third kappa shape index (κ3) is 29.0. The number of nitrogens with two attached hydrogens (primary N) is 5. The molecule has 0 bridgehead atoms. The molecule has 8 aromatic heterocycles. The maximum atomic E-state index is 6.16. The van der Waals surface area contributed by atoms with E-state index in [1.54, 1.807) is 133 Å². The number of nitrogens with zero attached hydrogens (tertiary/aromatic N) is 15. The van der Waals surface area contributed by atoms with Gasteiger partial charge in [0.2, 0.25) is 0 Å². The molecule has 10 N–H and O–H groups in total. The van der Waals surface area contributed by atoms with Crippen LogP contribution in [0.5, 0.6) is 46.0 Å². The molecule has 11 heterocycles.